The first-order valence-corrected chi connectivity index (χ1v) is 10.3. The van der Waals surface area contributed by atoms with E-state index in [4.69, 9.17) is 19.2 Å². The Kier molecular flexibility index (Phi) is 4.31. The molecule has 0 aromatic carbocycles. The van der Waals surface area contributed by atoms with Gasteiger partial charge in [-0.2, -0.15) is 0 Å². The number of hydrogen-bond acceptors (Lipinski definition) is 4. The van der Waals surface area contributed by atoms with Crippen LogP contribution in [0.1, 0.15) is 66.2 Å². The molecule has 5 aliphatic rings. The van der Waals surface area contributed by atoms with E-state index in [2.05, 4.69) is 36.7 Å². The number of rotatable bonds is 2. The maximum Gasteiger partial charge on any atom is 0.235 e. The monoisotopic (exact) mass is 400 g/mol. The van der Waals surface area contributed by atoms with Crippen LogP contribution in [0.2, 0.25) is 0 Å². The molecule has 1 saturated carbocycles. The highest BCUT2D eigenvalue weighted by molar-refractivity contribution is 9.11. The molecule has 136 valence electrons. The van der Waals surface area contributed by atoms with E-state index in [1.165, 1.54) is 10.9 Å². The summed E-state index contributed by atoms with van der Waals surface area (Å²) in [7, 11) is 0. The lowest BCUT2D eigenvalue weighted by atomic mass is 9.58. The second kappa shape index (κ2) is 5.97. The van der Waals surface area contributed by atoms with Gasteiger partial charge in [-0.1, -0.05) is 43.1 Å². The van der Waals surface area contributed by atoms with Crippen molar-refractivity contribution < 1.29 is 19.2 Å². The van der Waals surface area contributed by atoms with E-state index in [1.807, 2.05) is 6.92 Å². The number of ether oxygens (including phenoxy) is 2. The molecule has 0 aromatic rings. The molecule has 4 nitrogen and oxygen atoms in total. The topological polar surface area (TPSA) is 36.9 Å². The van der Waals surface area contributed by atoms with Crippen LogP contribution >= 0.6 is 15.9 Å². The standard InChI is InChI=1S/C19H29BrO4/c1-5-6-15(20)16-12(3)14-8-7-11(2)13-9-10-18(4)22-17(21-16)19(13,14)24-23-18/h11-14,17H,5-10H2,1-4H3/b16-15+/t11-,12-,13+,14+,17-,18+,19-/m1/s1. The van der Waals surface area contributed by atoms with E-state index in [1.54, 1.807) is 0 Å². The summed E-state index contributed by atoms with van der Waals surface area (Å²) in [5, 5.41) is 0. The van der Waals surface area contributed by atoms with E-state index >= 15 is 0 Å². The Hall–Kier alpha value is -0.100. The molecule has 0 N–H and O–H groups in total. The highest BCUT2D eigenvalue weighted by atomic mass is 79.9. The van der Waals surface area contributed by atoms with Crippen LogP contribution in [0, 0.1) is 23.7 Å². The molecule has 1 aliphatic carbocycles. The largest absolute Gasteiger partial charge is 0.465 e. The molecule has 1 spiro atoms. The number of halogens is 1. The third-order valence-corrected chi connectivity index (χ3v) is 7.55. The van der Waals surface area contributed by atoms with Crippen molar-refractivity contribution in [2.24, 2.45) is 23.7 Å². The highest BCUT2D eigenvalue weighted by Gasteiger charge is 2.69. The second-order valence-corrected chi connectivity index (χ2v) is 9.29. The molecule has 4 heterocycles. The Morgan fingerprint density at radius 1 is 1.17 bits per heavy atom. The van der Waals surface area contributed by atoms with Crippen molar-refractivity contribution in [2.75, 3.05) is 0 Å². The van der Waals surface area contributed by atoms with Gasteiger partial charge in [0.15, 0.2) is 5.60 Å². The van der Waals surface area contributed by atoms with Crippen LogP contribution in [0.5, 0.6) is 0 Å². The molecule has 4 aliphatic heterocycles. The minimum atomic E-state index is -0.694. The third kappa shape index (κ3) is 2.34. The molecule has 5 fully saturated rings. The zero-order chi connectivity index (χ0) is 17.1. The van der Waals surface area contributed by atoms with Crippen LogP contribution in [0.4, 0.5) is 0 Å². The van der Waals surface area contributed by atoms with Gasteiger partial charge < -0.3 is 9.47 Å². The summed E-state index contributed by atoms with van der Waals surface area (Å²) < 4.78 is 14.0. The van der Waals surface area contributed by atoms with Crippen LogP contribution < -0.4 is 0 Å². The van der Waals surface area contributed by atoms with Gasteiger partial charge in [0.1, 0.15) is 5.76 Å². The second-order valence-electron chi connectivity index (χ2n) is 8.34. The van der Waals surface area contributed by atoms with Crippen LogP contribution in [0.15, 0.2) is 10.2 Å². The Morgan fingerprint density at radius 2 is 1.96 bits per heavy atom. The van der Waals surface area contributed by atoms with Crippen molar-refractivity contribution >= 4 is 15.9 Å². The van der Waals surface area contributed by atoms with Gasteiger partial charge in [-0.3, -0.25) is 0 Å². The Bertz CT molecular complexity index is 549. The maximum atomic E-state index is 6.48. The van der Waals surface area contributed by atoms with E-state index in [9.17, 15) is 0 Å². The molecule has 5 heteroatoms. The summed E-state index contributed by atoms with van der Waals surface area (Å²) >= 11 is 3.77. The average Bonchev–Trinajstić information content (AvgIpc) is 2.77. The molecule has 7 atom stereocenters. The third-order valence-electron chi connectivity index (χ3n) is 6.76. The normalized spacial score (nSPS) is 52.3. The fraction of sp³-hybridized carbons (Fsp3) is 0.895. The van der Waals surface area contributed by atoms with Gasteiger partial charge in [0.05, 0.1) is 0 Å². The number of allylic oxidation sites excluding steroid dienone is 2. The predicted octanol–water partition coefficient (Wildman–Crippen LogP) is 5.27. The molecule has 4 saturated heterocycles. The van der Waals surface area contributed by atoms with Crippen LogP contribution in [0.25, 0.3) is 0 Å². The van der Waals surface area contributed by atoms with Gasteiger partial charge in [-0.05, 0) is 38.5 Å². The molecule has 0 aromatic heterocycles. The molecular formula is C19H29BrO4. The fourth-order valence-corrected chi connectivity index (χ4v) is 6.30. The molecule has 0 unspecified atom stereocenters. The van der Waals surface area contributed by atoms with E-state index in [0.29, 0.717) is 23.7 Å². The summed E-state index contributed by atoms with van der Waals surface area (Å²) in [6.45, 7) is 8.79. The minimum absolute atomic E-state index is 0.312. The van der Waals surface area contributed by atoms with Crippen molar-refractivity contribution in [1.29, 1.82) is 0 Å². The quantitative estimate of drug-likeness (QED) is 0.591. The maximum absolute atomic E-state index is 6.48. The fourth-order valence-electron chi connectivity index (χ4n) is 5.44. The summed E-state index contributed by atoms with van der Waals surface area (Å²) in [6.07, 6.45) is 6.05. The first kappa shape index (κ1) is 17.3. The molecule has 2 bridgehead atoms. The number of hydrogen-bond donors (Lipinski definition) is 0. The first-order chi connectivity index (χ1) is 11.4. The van der Waals surface area contributed by atoms with Crippen molar-refractivity contribution in [2.45, 2.75) is 83.9 Å². The summed E-state index contributed by atoms with van der Waals surface area (Å²) in [5.74, 6) is 2.09. The molecule has 5 rings (SSSR count). The summed E-state index contributed by atoms with van der Waals surface area (Å²) in [6, 6.07) is 0. The number of fused-ring (bicyclic) bond motifs is 2. The Morgan fingerprint density at radius 3 is 2.71 bits per heavy atom. The highest BCUT2D eigenvalue weighted by Crippen LogP contribution is 2.61. The molecule has 0 radical (unpaired) electrons. The van der Waals surface area contributed by atoms with E-state index < -0.39 is 11.4 Å². The first-order valence-electron chi connectivity index (χ1n) is 9.51. The zero-order valence-electron chi connectivity index (χ0n) is 15.1. The van der Waals surface area contributed by atoms with Crippen LogP contribution in [0.3, 0.4) is 0 Å². The van der Waals surface area contributed by atoms with Gasteiger partial charge >= 0.3 is 0 Å². The lowest BCUT2D eigenvalue weighted by molar-refractivity contribution is -0.562. The van der Waals surface area contributed by atoms with E-state index in [-0.39, 0.29) is 6.29 Å². The SMILES string of the molecule is CCC/C(Br)=C1\O[C@@H]2O[C@]3(C)CC[C@H]4[C@H](C)CC[C@@H]([C@H]1C)[C@@]24OO3. The molecule has 0 amide bonds. The zero-order valence-corrected chi connectivity index (χ0v) is 16.7. The Balaban J connectivity index is 1.79. The minimum Gasteiger partial charge on any atom is -0.465 e. The van der Waals surface area contributed by atoms with Gasteiger partial charge in [-0.15, -0.1) is 0 Å². The average molecular weight is 401 g/mol. The van der Waals surface area contributed by atoms with Crippen LogP contribution in [-0.2, 0) is 19.2 Å². The van der Waals surface area contributed by atoms with Crippen LogP contribution in [-0.4, -0.2) is 17.7 Å². The lowest BCUT2D eigenvalue weighted by Gasteiger charge is -2.59. The summed E-state index contributed by atoms with van der Waals surface area (Å²) in [4.78, 5) is 12.0. The van der Waals surface area contributed by atoms with Crippen molar-refractivity contribution in [3.63, 3.8) is 0 Å². The van der Waals surface area contributed by atoms with E-state index in [0.717, 1.165) is 37.9 Å². The van der Waals surface area contributed by atoms with Gasteiger partial charge in [-0.25, -0.2) is 9.78 Å². The van der Waals surface area contributed by atoms with Crippen molar-refractivity contribution in [3.8, 4) is 0 Å². The van der Waals surface area contributed by atoms with Gasteiger partial charge in [0, 0.05) is 28.7 Å². The molecular weight excluding hydrogens is 372 g/mol. The Labute approximate surface area is 153 Å². The summed E-state index contributed by atoms with van der Waals surface area (Å²) in [5.41, 5.74) is -0.462. The lowest BCUT2D eigenvalue weighted by Crippen LogP contribution is -2.68. The predicted molar refractivity (Wildman–Crippen MR) is 93.9 cm³/mol. The van der Waals surface area contributed by atoms with Gasteiger partial charge in [0.25, 0.3) is 0 Å². The van der Waals surface area contributed by atoms with Crippen molar-refractivity contribution in [3.05, 3.63) is 10.2 Å². The molecule has 24 heavy (non-hydrogen) atoms. The van der Waals surface area contributed by atoms with Crippen molar-refractivity contribution in [1.82, 2.24) is 0 Å². The van der Waals surface area contributed by atoms with Gasteiger partial charge in [0.2, 0.25) is 12.1 Å². The smallest absolute Gasteiger partial charge is 0.235 e.